The van der Waals surface area contributed by atoms with Gasteiger partial charge in [-0.1, -0.05) is 0 Å². The summed E-state index contributed by atoms with van der Waals surface area (Å²) in [6.45, 7) is 0. The van der Waals surface area contributed by atoms with Crippen LogP contribution in [0.5, 0.6) is 0 Å². The molecule has 0 N–H and O–H groups in total. The van der Waals surface area contributed by atoms with Gasteiger partial charge in [0.2, 0.25) is 0 Å². The van der Waals surface area contributed by atoms with Crippen LogP contribution in [-0.2, 0) is 5.88 Å². The quantitative estimate of drug-likeness (QED) is 0.394. The molecular weight excluding hydrogens is 176 g/mol. The fourth-order valence-electron chi connectivity index (χ4n) is 0.450. The van der Waals surface area contributed by atoms with Crippen molar-refractivity contribution in [1.82, 2.24) is 4.37 Å². The van der Waals surface area contributed by atoms with Crippen molar-refractivity contribution in [1.29, 1.82) is 0 Å². The zero-order chi connectivity index (χ0) is 7.56. The Hall–Kier alpha value is -0.680. The lowest BCUT2D eigenvalue weighted by Gasteiger charge is -1.77. The topological polar surface area (TPSA) is 56.0 Å². The summed E-state index contributed by atoms with van der Waals surface area (Å²) in [4.78, 5) is 9.58. The van der Waals surface area contributed by atoms with Crippen LogP contribution >= 0.6 is 23.1 Å². The molecule has 0 aliphatic rings. The molecule has 1 aromatic rings. The Morgan fingerprint density at radius 2 is 2.60 bits per heavy atom. The van der Waals surface area contributed by atoms with Crippen LogP contribution in [-0.4, -0.2) is 9.30 Å². The number of rotatable bonds is 2. The van der Waals surface area contributed by atoms with E-state index in [0.29, 0.717) is 5.69 Å². The second kappa shape index (κ2) is 2.94. The van der Waals surface area contributed by atoms with Crippen molar-refractivity contribution < 1.29 is 4.92 Å². The van der Waals surface area contributed by atoms with Crippen LogP contribution in [0.25, 0.3) is 0 Å². The highest BCUT2D eigenvalue weighted by atomic mass is 35.5. The minimum atomic E-state index is -0.478. The van der Waals surface area contributed by atoms with Crippen molar-refractivity contribution >= 4 is 28.1 Å². The summed E-state index contributed by atoms with van der Waals surface area (Å²) in [7, 11) is 0. The first kappa shape index (κ1) is 7.43. The van der Waals surface area contributed by atoms with Crippen LogP contribution in [0, 0.1) is 10.1 Å². The number of nitro groups is 1. The Bertz CT molecular complexity index is 249. The van der Waals surface area contributed by atoms with E-state index in [1.165, 1.54) is 6.07 Å². The van der Waals surface area contributed by atoms with Crippen LogP contribution in [0.1, 0.15) is 5.69 Å². The standard InChI is InChI=1S/C4H3ClN2O2S/c5-2-3-1-4(7(8)9)10-6-3/h1H,2H2. The molecule has 1 rings (SSSR count). The lowest BCUT2D eigenvalue weighted by molar-refractivity contribution is -0.380. The average Bonchev–Trinajstić information content (AvgIpc) is 2.34. The maximum absolute atomic E-state index is 10.1. The van der Waals surface area contributed by atoms with Crippen molar-refractivity contribution in [2.24, 2.45) is 0 Å². The Morgan fingerprint density at radius 3 is 2.90 bits per heavy atom. The molecule has 10 heavy (non-hydrogen) atoms. The summed E-state index contributed by atoms with van der Waals surface area (Å²) < 4.78 is 3.72. The molecule has 0 atom stereocenters. The van der Waals surface area contributed by atoms with Gasteiger partial charge in [-0.15, -0.1) is 11.6 Å². The Morgan fingerprint density at radius 1 is 1.90 bits per heavy atom. The van der Waals surface area contributed by atoms with Crippen LogP contribution < -0.4 is 0 Å². The van der Waals surface area contributed by atoms with Crippen molar-refractivity contribution in [2.75, 3.05) is 0 Å². The first-order chi connectivity index (χ1) is 4.74. The number of hydrogen-bond donors (Lipinski definition) is 0. The Labute approximate surface area is 65.8 Å². The van der Waals surface area contributed by atoms with Gasteiger partial charge in [-0.3, -0.25) is 10.1 Å². The molecule has 0 amide bonds. The molecule has 54 valence electrons. The molecule has 0 aliphatic carbocycles. The smallest absolute Gasteiger partial charge is 0.258 e. The number of alkyl halides is 1. The van der Waals surface area contributed by atoms with Crippen LogP contribution in [0.2, 0.25) is 0 Å². The minimum absolute atomic E-state index is 0.0376. The van der Waals surface area contributed by atoms with Crippen LogP contribution in [0.15, 0.2) is 6.07 Å². The summed E-state index contributed by atoms with van der Waals surface area (Å²) >= 11 is 6.22. The van der Waals surface area contributed by atoms with Crippen LogP contribution in [0.4, 0.5) is 5.00 Å². The van der Waals surface area contributed by atoms with Gasteiger partial charge in [0, 0.05) is 11.5 Å². The van der Waals surface area contributed by atoms with Gasteiger partial charge in [-0.05, 0) is 0 Å². The summed E-state index contributed by atoms with van der Waals surface area (Å²) in [6, 6.07) is 1.37. The van der Waals surface area contributed by atoms with Gasteiger partial charge in [0.15, 0.2) is 0 Å². The monoisotopic (exact) mass is 178 g/mol. The zero-order valence-corrected chi connectivity index (χ0v) is 6.35. The van der Waals surface area contributed by atoms with E-state index < -0.39 is 4.92 Å². The van der Waals surface area contributed by atoms with Gasteiger partial charge >= 0.3 is 5.00 Å². The highest BCUT2D eigenvalue weighted by Gasteiger charge is 2.09. The van der Waals surface area contributed by atoms with Crippen molar-refractivity contribution in [3.05, 3.63) is 21.9 Å². The predicted molar refractivity (Wildman–Crippen MR) is 38.3 cm³/mol. The third-order valence-corrected chi connectivity index (χ3v) is 1.92. The van der Waals surface area contributed by atoms with E-state index in [4.69, 9.17) is 11.6 Å². The minimum Gasteiger partial charge on any atom is -0.258 e. The van der Waals surface area contributed by atoms with E-state index in [2.05, 4.69) is 4.37 Å². The second-order valence-electron chi connectivity index (χ2n) is 1.55. The zero-order valence-electron chi connectivity index (χ0n) is 4.78. The Balaban J connectivity index is 2.88. The largest absolute Gasteiger partial charge is 0.343 e. The third-order valence-electron chi connectivity index (χ3n) is 0.863. The molecule has 0 bridgehead atoms. The highest BCUT2D eigenvalue weighted by molar-refractivity contribution is 7.09. The molecular formula is C4H3ClN2O2S. The summed E-state index contributed by atoms with van der Waals surface area (Å²) in [5, 5.41) is 10.1. The highest BCUT2D eigenvalue weighted by Crippen LogP contribution is 2.19. The van der Waals surface area contributed by atoms with E-state index in [9.17, 15) is 10.1 Å². The van der Waals surface area contributed by atoms with Gasteiger partial charge in [0.1, 0.15) is 0 Å². The maximum atomic E-state index is 10.1. The van der Waals surface area contributed by atoms with E-state index in [0.717, 1.165) is 11.5 Å². The van der Waals surface area contributed by atoms with Gasteiger partial charge in [-0.25, -0.2) is 0 Å². The normalized spacial score (nSPS) is 9.70. The molecule has 0 spiro atoms. The fourth-order valence-corrected chi connectivity index (χ4v) is 1.24. The molecule has 0 radical (unpaired) electrons. The molecule has 0 saturated heterocycles. The van der Waals surface area contributed by atoms with E-state index >= 15 is 0 Å². The van der Waals surface area contributed by atoms with Gasteiger partial charge in [0.25, 0.3) is 0 Å². The first-order valence-electron chi connectivity index (χ1n) is 2.40. The van der Waals surface area contributed by atoms with E-state index in [-0.39, 0.29) is 10.9 Å². The van der Waals surface area contributed by atoms with Gasteiger partial charge < -0.3 is 0 Å². The van der Waals surface area contributed by atoms with Crippen molar-refractivity contribution in [3.8, 4) is 0 Å². The van der Waals surface area contributed by atoms with Crippen LogP contribution in [0.3, 0.4) is 0 Å². The fraction of sp³-hybridized carbons (Fsp3) is 0.250. The number of aromatic nitrogens is 1. The number of hydrogen-bond acceptors (Lipinski definition) is 4. The van der Waals surface area contributed by atoms with E-state index in [1.54, 1.807) is 0 Å². The van der Waals surface area contributed by atoms with Gasteiger partial charge in [-0.2, -0.15) is 4.37 Å². The third kappa shape index (κ3) is 1.43. The van der Waals surface area contributed by atoms with Crippen molar-refractivity contribution in [2.45, 2.75) is 5.88 Å². The molecule has 0 fully saturated rings. The molecule has 1 heterocycles. The lowest BCUT2D eigenvalue weighted by atomic mass is 10.5. The summed E-state index contributed by atoms with van der Waals surface area (Å²) in [5.41, 5.74) is 0.554. The molecule has 0 unspecified atom stereocenters. The van der Waals surface area contributed by atoms with Crippen molar-refractivity contribution in [3.63, 3.8) is 0 Å². The molecule has 0 aromatic carbocycles. The predicted octanol–water partition coefficient (Wildman–Crippen LogP) is 1.79. The van der Waals surface area contributed by atoms with E-state index in [1.807, 2.05) is 0 Å². The first-order valence-corrected chi connectivity index (χ1v) is 3.71. The maximum Gasteiger partial charge on any atom is 0.343 e. The molecule has 0 aliphatic heterocycles. The lowest BCUT2D eigenvalue weighted by Crippen LogP contribution is -1.81. The SMILES string of the molecule is O=[N+]([O-])c1cc(CCl)ns1. The summed E-state index contributed by atoms with van der Waals surface area (Å²) in [5.74, 6) is 0.227. The number of nitrogens with zero attached hydrogens (tertiary/aromatic N) is 2. The molecule has 0 saturated carbocycles. The second-order valence-corrected chi connectivity index (χ2v) is 2.60. The summed E-state index contributed by atoms with van der Waals surface area (Å²) in [6.07, 6.45) is 0. The molecule has 4 nitrogen and oxygen atoms in total. The number of halogens is 1. The molecule has 6 heteroatoms. The van der Waals surface area contributed by atoms with Gasteiger partial charge in [0.05, 0.1) is 22.6 Å². The average molecular weight is 179 g/mol. The Kier molecular flexibility index (Phi) is 2.18. The molecule has 1 aromatic heterocycles.